The quantitative estimate of drug-likeness (QED) is 0.0855. The summed E-state index contributed by atoms with van der Waals surface area (Å²) >= 11 is 12.8. The second-order valence-corrected chi connectivity index (χ2v) is 15.8. The lowest BCUT2D eigenvalue weighted by Crippen LogP contribution is -2.55. The third-order valence-electron chi connectivity index (χ3n) is 10.5. The van der Waals surface area contributed by atoms with E-state index in [0.717, 1.165) is 22.3 Å². The Hall–Kier alpha value is -4.30. The fourth-order valence-electron chi connectivity index (χ4n) is 7.00. The molecule has 0 spiro atoms. The average molecular weight is 926 g/mol. The molecule has 2 saturated heterocycles. The fourth-order valence-corrected chi connectivity index (χ4v) is 7.37. The maximum Gasteiger partial charge on any atom is 0.149 e. The van der Waals surface area contributed by atoms with Gasteiger partial charge in [0.05, 0.1) is 13.2 Å². The fraction of sp³-hybridized carbons (Fsp3) is 0.417. The minimum absolute atomic E-state index is 0.273. The van der Waals surface area contributed by atoms with E-state index in [1.807, 2.05) is 48.5 Å². The number of halogens is 2. The smallest absolute Gasteiger partial charge is 0.149 e. The van der Waals surface area contributed by atoms with E-state index < -0.39 is 74.3 Å². The summed E-state index contributed by atoms with van der Waals surface area (Å²) in [5.41, 5.74) is 4.79. The van der Waals surface area contributed by atoms with Gasteiger partial charge in [0, 0.05) is 24.3 Å². The largest absolute Gasteiger partial charge is 0.481 e. The van der Waals surface area contributed by atoms with E-state index in [0.29, 0.717) is 58.7 Å². The van der Waals surface area contributed by atoms with E-state index in [9.17, 15) is 40.9 Å². The first-order valence-electron chi connectivity index (χ1n) is 20.4. The molecule has 64 heavy (non-hydrogen) atoms. The molecular weight excluding hydrogens is 871 g/mol. The molecule has 0 radical (unpaired) electrons. The van der Waals surface area contributed by atoms with Crippen LogP contribution in [-0.2, 0) is 31.8 Å². The van der Waals surface area contributed by atoms with Gasteiger partial charge in [-0.2, -0.15) is 0 Å². The number of hydrogen-bond acceptors (Lipinski definition) is 14. The molecule has 0 aliphatic carbocycles. The Morgan fingerprint density at radius 1 is 0.484 bits per heavy atom. The van der Waals surface area contributed by atoms with E-state index in [1.165, 1.54) is 0 Å². The lowest BCUT2D eigenvalue weighted by molar-refractivity contribution is -0.231. The number of hydrogen-bond donors (Lipinski definition) is 8. The van der Waals surface area contributed by atoms with Crippen molar-refractivity contribution in [2.75, 3.05) is 53.9 Å². The van der Waals surface area contributed by atoms with Gasteiger partial charge in [0.25, 0.3) is 0 Å². The van der Waals surface area contributed by atoms with Gasteiger partial charge in [-0.3, -0.25) is 0 Å². The predicted molar refractivity (Wildman–Crippen MR) is 237 cm³/mol. The Bertz CT molecular complexity index is 2030. The summed E-state index contributed by atoms with van der Waals surface area (Å²) < 4.78 is 32.1. The summed E-state index contributed by atoms with van der Waals surface area (Å²) in [6.07, 6.45) is -11.0. The Morgan fingerprint density at radius 3 is 1.19 bits per heavy atom. The molecule has 4 aromatic rings. The highest BCUT2D eigenvalue weighted by Crippen LogP contribution is 2.36. The summed E-state index contributed by atoms with van der Waals surface area (Å²) in [5, 5.41) is 80.8. The summed E-state index contributed by atoms with van der Waals surface area (Å²) in [6.45, 7) is 0.324. The predicted octanol–water partition coefficient (Wildman–Crippen LogP) is 2.95. The van der Waals surface area contributed by atoms with E-state index in [1.54, 1.807) is 50.6 Å². The highest BCUT2D eigenvalue weighted by molar-refractivity contribution is 6.31. The first-order valence-corrected chi connectivity index (χ1v) is 21.1. The van der Waals surface area contributed by atoms with Crippen molar-refractivity contribution in [1.29, 1.82) is 0 Å². The van der Waals surface area contributed by atoms with Crippen LogP contribution in [0.3, 0.4) is 0 Å². The van der Waals surface area contributed by atoms with Crippen molar-refractivity contribution in [3.8, 4) is 35.2 Å². The van der Waals surface area contributed by atoms with Crippen LogP contribution in [0.1, 0.15) is 45.6 Å². The van der Waals surface area contributed by atoms with Gasteiger partial charge >= 0.3 is 0 Å². The van der Waals surface area contributed by atoms with Crippen molar-refractivity contribution in [3.05, 3.63) is 128 Å². The number of methoxy groups -OCH3 is 2. The van der Waals surface area contributed by atoms with Crippen molar-refractivity contribution in [1.82, 2.24) is 0 Å². The minimum Gasteiger partial charge on any atom is -0.481 e. The summed E-state index contributed by atoms with van der Waals surface area (Å²) in [6, 6.07) is 25.5. The Balaban J connectivity index is 0.000000241. The molecule has 0 amide bonds. The molecule has 4 aromatic carbocycles. The van der Waals surface area contributed by atoms with E-state index in [2.05, 4.69) is 23.7 Å². The summed E-state index contributed by atoms with van der Waals surface area (Å²) in [5.74, 6) is 12.7. The second-order valence-electron chi connectivity index (χ2n) is 15.0. The van der Waals surface area contributed by atoms with Crippen molar-refractivity contribution < 1.29 is 69.3 Å². The maximum absolute atomic E-state index is 10.4. The maximum atomic E-state index is 10.4. The molecule has 2 aliphatic heterocycles. The van der Waals surface area contributed by atoms with Gasteiger partial charge in [-0.15, -0.1) is 0 Å². The number of aliphatic hydroxyl groups is 8. The van der Waals surface area contributed by atoms with Crippen LogP contribution in [0.5, 0.6) is 11.5 Å². The van der Waals surface area contributed by atoms with Crippen LogP contribution in [0.2, 0.25) is 10.0 Å². The SMILES string of the molecule is COCC#CCOc1ccc(Cc2cc([C@@H]3O[C@H](CO)[C@@H](O)[C@H](O)[C@H]3O)ccc2Cl)cc1.COCC#CCOc1ccc(Cc2cc([C@H]3O[C@H](CO)[C@@H](O)[C@H](O)[C@H]3O)ccc2Cl)cc1. The number of benzene rings is 4. The Kier molecular flexibility index (Phi) is 20.1. The first-order chi connectivity index (χ1) is 30.9. The average Bonchev–Trinajstić information content (AvgIpc) is 3.30. The highest BCUT2D eigenvalue weighted by Gasteiger charge is 2.45. The van der Waals surface area contributed by atoms with Gasteiger partial charge in [0.1, 0.15) is 99.0 Å². The zero-order valence-corrected chi connectivity index (χ0v) is 36.8. The van der Waals surface area contributed by atoms with Gasteiger partial charge in [0.15, 0.2) is 0 Å². The molecule has 344 valence electrons. The second kappa shape index (κ2) is 25.4. The van der Waals surface area contributed by atoms with Crippen molar-refractivity contribution in [2.24, 2.45) is 0 Å². The lowest BCUT2D eigenvalue weighted by atomic mass is 9.90. The van der Waals surface area contributed by atoms with Gasteiger partial charge in [-0.1, -0.05) is 95.4 Å². The zero-order valence-electron chi connectivity index (χ0n) is 35.3. The molecule has 0 bridgehead atoms. The first kappa shape index (κ1) is 50.7. The molecule has 0 saturated carbocycles. The standard InChI is InChI=1S/2C24H27ClO7/c2*1-30-10-2-3-11-31-18-7-4-15(5-8-18)12-17-13-16(6-9-19(17)25)24-23(29)22(28)21(27)20(14-26)32-24/h2*4-9,13,20-24,26-29H,10-12,14H2,1H3/t20-,21-,22+,23-,24+;20-,21-,22+,23-,24-/m11/s1. The summed E-state index contributed by atoms with van der Waals surface area (Å²) in [4.78, 5) is 0. The molecule has 8 N–H and O–H groups in total. The normalized spacial score (nSPS) is 25.1. The van der Waals surface area contributed by atoms with Crippen molar-refractivity contribution >= 4 is 23.2 Å². The van der Waals surface area contributed by atoms with Crippen LogP contribution in [-0.4, -0.2) is 144 Å². The van der Waals surface area contributed by atoms with E-state index in [-0.39, 0.29) is 13.2 Å². The molecular formula is C48H54Cl2O14. The Morgan fingerprint density at radius 2 is 0.844 bits per heavy atom. The lowest BCUT2D eigenvalue weighted by Gasteiger charge is -2.40. The van der Waals surface area contributed by atoms with Crippen LogP contribution in [0.25, 0.3) is 0 Å². The van der Waals surface area contributed by atoms with Crippen LogP contribution in [0.4, 0.5) is 0 Å². The van der Waals surface area contributed by atoms with Crippen molar-refractivity contribution in [3.63, 3.8) is 0 Å². The van der Waals surface area contributed by atoms with Gasteiger partial charge in [0.2, 0.25) is 0 Å². The number of rotatable bonds is 14. The van der Waals surface area contributed by atoms with Crippen LogP contribution < -0.4 is 9.47 Å². The van der Waals surface area contributed by atoms with Crippen LogP contribution >= 0.6 is 23.2 Å². The van der Waals surface area contributed by atoms with Gasteiger partial charge in [-0.25, -0.2) is 0 Å². The molecule has 6 rings (SSSR count). The van der Waals surface area contributed by atoms with Crippen molar-refractivity contribution in [2.45, 2.75) is 73.9 Å². The molecule has 16 heteroatoms. The molecule has 2 fully saturated rings. The van der Waals surface area contributed by atoms with Crippen LogP contribution in [0.15, 0.2) is 84.9 Å². The molecule has 10 atom stereocenters. The van der Waals surface area contributed by atoms with Crippen LogP contribution in [0, 0.1) is 23.7 Å². The van der Waals surface area contributed by atoms with Gasteiger partial charge in [-0.05, 0) is 82.6 Å². The monoisotopic (exact) mass is 924 g/mol. The number of aliphatic hydroxyl groups excluding tert-OH is 8. The van der Waals surface area contributed by atoms with Gasteiger partial charge < -0.3 is 69.3 Å². The topological polar surface area (TPSA) is 217 Å². The Labute approximate surface area is 382 Å². The molecule has 14 nitrogen and oxygen atoms in total. The highest BCUT2D eigenvalue weighted by atomic mass is 35.5. The van der Waals surface area contributed by atoms with E-state index >= 15 is 0 Å². The third kappa shape index (κ3) is 13.9. The minimum atomic E-state index is -1.43. The summed E-state index contributed by atoms with van der Waals surface area (Å²) in [7, 11) is 3.17. The molecule has 0 unspecified atom stereocenters. The molecule has 0 aromatic heterocycles. The zero-order chi connectivity index (χ0) is 46.2. The third-order valence-corrected chi connectivity index (χ3v) is 11.3. The number of ether oxygens (including phenoxy) is 6. The molecule has 2 heterocycles. The van der Waals surface area contributed by atoms with E-state index in [4.69, 9.17) is 51.6 Å². The molecule has 2 aliphatic rings.